The fraction of sp³-hybridized carbons (Fsp3) is 0.276. The number of amides is 1. The van der Waals surface area contributed by atoms with Gasteiger partial charge < -0.3 is 15.1 Å². The summed E-state index contributed by atoms with van der Waals surface area (Å²) in [5, 5.41) is 2.81. The molecule has 0 bridgehead atoms. The lowest BCUT2D eigenvalue weighted by Gasteiger charge is -2.36. The van der Waals surface area contributed by atoms with Crippen molar-refractivity contribution in [3.8, 4) is 0 Å². The van der Waals surface area contributed by atoms with E-state index in [-0.39, 0.29) is 10.8 Å². The zero-order valence-corrected chi connectivity index (χ0v) is 22.1. The molecule has 194 valence electrons. The maximum Gasteiger partial charge on any atom is 0.248 e. The topological polar surface area (TPSA) is 81.8 Å². The summed E-state index contributed by atoms with van der Waals surface area (Å²) in [4.78, 5) is 17.2. The Balaban J connectivity index is 1.60. The van der Waals surface area contributed by atoms with Crippen LogP contribution in [0.3, 0.4) is 0 Å². The molecule has 3 aromatic carbocycles. The molecule has 7 nitrogen and oxygen atoms in total. The highest BCUT2D eigenvalue weighted by Crippen LogP contribution is 2.30. The van der Waals surface area contributed by atoms with Crippen LogP contribution in [0.25, 0.3) is 6.08 Å². The van der Waals surface area contributed by atoms with Gasteiger partial charge in [0.2, 0.25) is 15.9 Å². The Labute approximate surface area is 219 Å². The van der Waals surface area contributed by atoms with E-state index in [9.17, 15) is 13.2 Å². The molecule has 2 N–H and O–H groups in total. The number of carbonyl (C=O) groups excluding carboxylic acids is 1. The van der Waals surface area contributed by atoms with Crippen LogP contribution in [-0.2, 0) is 14.8 Å². The third-order valence-corrected chi connectivity index (χ3v) is 8.11. The van der Waals surface area contributed by atoms with E-state index in [4.69, 9.17) is 0 Å². The first-order valence-electron chi connectivity index (χ1n) is 12.6. The van der Waals surface area contributed by atoms with Gasteiger partial charge in [0.1, 0.15) is 4.90 Å². The van der Waals surface area contributed by atoms with Crippen LogP contribution >= 0.6 is 0 Å². The van der Waals surface area contributed by atoms with Crippen LogP contribution in [0.15, 0.2) is 89.8 Å². The molecule has 1 fully saturated rings. The van der Waals surface area contributed by atoms with E-state index in [1.54, 1.807) is 24.3 Å². The minimum absolute atomic E-state index is 0.157. The molecular formula is C29H34N4O3S. The Bertz CT molecular complexity index is 1320. The van der Waals surface area contributed by atoms with Crippen LogP contribution < -0.4 is 14.9 Å². The fourth-order valence-electron chi connectivity index (χ4n) is 4.40. The summed E-state index contributed by atoms with van der Waals surface area (Å²) in [6.07, 6.45) is 3.16. The van der Waals surface area contributed by atoms with Gasteiger partial charge in [-0.15, -0.1) is 0 Å². The number of sulfonamides is 1. The second-order valence-corrected chi connectivity index (χ2v) is 10.8. The van der Waals surface area contributed by atoms with E-state index >= 15 is 0 Å². The highest BCUT2D eigenvalue weighted by Gasteiger charge is 2.27. The third kappa shape index (κ3) is 7.07. The summed E-state index contributed by atoms with van der Waals surface area (Å²) in [7, 11) is -3.89. The first kappa shape index (κ1) is 26.6. The largest absolute Gasteiger partial charge is 0.368 e. The molecule has 1 saturated heterocycles. The van der Waals surface area contributed by atoms with E-state index < -0.39 is 16.1 Å². The maximum absolute atomic E-state index is 13.7. The van der Waals surface area contributed by atoms with Crippen molar-refractivity contribution < 1.29 is 13.2 Å². The Morgan fingerprint density at radius 2 is 1.59 bits per heavy atom. The molecule has 0 spiro atoms. The summed E-state index contributed by atoms with van der Waals surface area (Å²) in [6, 6.07) is 23.7. The van der Waals surface area contributed by atoms with Crippen LogP contribution in [-0.4, -0.2) is 51.9 Å². The smallest absolute Gasteiger partial charge is 0.248 e. The summed E-state index contributed by atoms with van der Waals surface area (Å²) in [5.41, 5.74) is 2.84. The number of carbonyl (C=O) groups is 1. The van der Waals surface area contributed by atoms with Crippen molar-refractivity contribution in [3.63, 3.8) is 0 Å². The van der Waals surface area contributed by atoms with E-state index in [2.05, 4.69) is 26.8 Å². The predicted molar refractivity (Wildman–Crippen MR) is 150 cm³/mol. The second kappa shape index (κ2) is 12.2. The lowest BCUT2D eigenvalue weighted by atomic mass is 10.1. The Hall–Kier alpha value is -3.46. The molecule has 37 heavy (non-hydrogen) atoms. The predicted octanol–water partition coefficient (Wildman–Crippen LogP) is 4.52. The number of rotatable bonds is 9. The summed E-state index contributed by atoms with van der Waals surface area (Å²) in [6.45, 7) is 8.12. The number of hydrogen-bond acceptors (Lipinski definition) is 5. The zero-order chi connectivity index (χ0) is 26.3. The Morgan fingerprint density at radius 1 is 0.946 bits per heavy atom. The number of piperazine rings is 1. The number of nitrogens with one attached hydrogen (secondary N) is 2. The number of hydrogen-bond donors (Lipinski definition) is 2. The monoisotopic (exact) mass is 518 g/mol. The van der Waals surface area contributed by atoms with Crippen LogP contribution in [0.4, 0.5) is 11.4 Å². The van der Waals surface area contributed by atoms with Crippen molar-refractivity contribution in [1.82, 2.24) is 9.62 Å². The molecule has 1 unspecified atom stereocenters. The van der Waals surface area contributed by atoms with E-state index in [1.807, 2.05) is 67.6 Å². The van der Waals surface area contributed by atoms with Crippen molar-refractivity contribution in [2.45, 2.75) is 24.8 Å². The van der Waals surface area contributed by atoms with Gasteiger partial charge in [-0.1, -0.05) is 67.6 Å². The van der Waals surface area contributed by atoms with Crippen molar-refractivity contribution in [2.24, 2.45) is 0 Å². The van der Waals surface area contributed by atoms with Crippen LogP contribution in [0, 0.1) is 0 Å². The molecule has 1 atom stereocenters. The van der Waals surface area contributed by atoms with Crippen LogP contribution in [0.2, 0.25) is 0 Å². The molecule has 3 aromatic rings. The molecule has 1 heterocycles. The highest BCUT2D eigenvalue weighted by molar-refractivity contribution is 7.89. The number of benzene rings is 3. The second-order valence-electron chi connectivity index (χ2n) is 9.09. The maximum atomic E-state index is 13.7. The standard InChI is InChI=1S/C29H34N4O3S/c1-3-32-18-20-33(21-19-32)27-16-15-26(30-29(34)17-14-24-10-6-4-7-11-24)22-28(27)37(35,36)31-23(2)25-12-8-5-9-13-25/h4-17,22-23,31H,3,18-21H2,1-2H3,(H,30,34)/b17-14+. The SMILES string of the molecule is CCN1CCN(c2ccc(NC(=O)/C=C/c3ccccc3)cc2S(=O)(=O)NC(C)c2ccccc2)CC1. The number of nitrogens with zero attached hydrogens (tertiary/aromatic N) is 2. The van der Waals surface area contributed by atoms with Crippen molar-refractivity contribution in [2.75, 3.05) is 42.9 Å². The average Bonchev–Trinajstić information content (AvgIpc) is 2.93. The van der Waals surface area contributed by atoms with Crippen LogP contribution in [0.1, 0.15) is 31.0 Å². The molecule has 1 aliphatic rings. The minimum Gasteiger partial charge on any atom is -0.368 e. The van der Waals surface area contributed by atoms with E-state index in [0.29, 0.717) is 11.4 Å². The van der Waals surface area contributed by atoms with Gasteiger partial charge in [0.05, 0.1) is 5.69 Å². The molecule has 0 aromatic heterocycles. The summed E-state index contributed by atoms with van der Waals surface area (Å²) in [5.74, 6) is -0.331. The van der Waals surface area contributed by atoms with Gasteiger partial charge >= 0.3 is 0 Å². The zero-order valence-electron chi connectivity index (χ0n) is 21.3. The Kier molecular flexibility index (Phi) is 8.76. The van der Waals surface area contributed by atoms with Gasteiger partial charge in [0.25, 0.3) is 0 Å². The van der Waals surface area contributed by atoms with Gasteiger partial charge in [0, 0.05) is 44.0 Å². The quantitative estimate of drug-likeness (QED) is 0.407. The molecule has 0 radical (unpaired) electrons. The van der Waals surface area contributed by atoms with Crippen molar-refractivity contribution in [1.29, 1.82) is 0 Å². The molecule has 4 rings (SSSR count). The number of anilines is 2. The first-order chi connectivity index (χ1) is 17.9. The lowest BCUT2D eigenvalue weighted by Crippen LogP contribution is -2.46. The molecule has 0 saturated carbocycles. The minimum atomic E-state index is -3.89. The molecule has 0 aliphatic carbocycles. The van der Waals surface area contributed by atoms with Gasteiger partial charge in [-0.05, 0) is 48.9 Å². The molecule has 1 amide bonds. The van der Waals surface area contributed by atoms with Crippen molar-refractivity contribution >= 4 is 33.4 Å². The molecule has 8 heteroatoms. The van der Waals surface area contributed by atoms with Gasteiger partial charge in [-0.3, -0.25) is 4.79 Å². The van der Waals surface area contributed by atoms with Crippen LogP contribution in [0.5, 0.6) is 0 Å². The van der Waals surface area contributed by atoms with Gasteiger partial charge in [-0.25, -0.2) is 13.1 Å². The van der Waals surface area contributed by atoms with E-state index in [1.165, 1.54) is 6.08 Å². The molecule has 1 aliphatic heterocycles. The molecular weight excluding hydrogens is 484 g/mol. The van der Waals surface area contributed by atoms with Crippen molar-refractivity contribution in [3.05, 3.63) is 96.1 Å². The van der Waals surface area contributed by atoms with E-state index in [0.717, 1.165) is 43.9 Å². The fourth-order valence-corrected chi connectivity index (χ4v) is 5.88. The first-order valence-corrected chi connectivity index (χ1v) is 14.1. The lowest BCUT2D eigenvalue weighted by molar-refractivity contribution is -0.111. The Morgan fingerprint density at radius 3 is 2.24 bits per heavy atom. The van der Waals surface area contributed by atoms with Gasteiger partial charge in [0.15, 0.2) is 0 Å². The highest BCUT2D eigenvalue weighted by atomic mass is 32.2. The third-order valence-electron chi connectivity index (χ3n) is 6.54. The number of likely N-dealkylation sites (N-methyl/N-ethyl adjacent to an activating group) is 1. The summed E-state index contributed by atoms with van der Waals surface area (Å²) < 4.78 is 30.2. The average molecular weight is 519 g/mol. The van der Waals surface area contributed by atoms with Gasteiger partial charge in [-0.2, -0.15) is 0 Å². The summed E-state index contributed by atoms with van der Waals surface area (Å²) >= 11 is 0. The normalized spacial score (nSPS) is 15.6.